The molecular weight excluding hydrogens is 512 g/mol. The molecule has 0 aromatic heterocycles. The van der Waals surface area contributed by atoms with Gasteiger partial charge in [-0.3, -0.25) is 14.4 Å². The number of rotatable bonds is 5. The van der Waals surface area contributed by atoms with Crippen molar-refractivity contribution >= 4 is 46.8 Å². The van der Waals surface area contributed by atoms with Crippen LogP contribution in [0.5, 0.6) is 0 Å². The molecule has 0 saturated carbocycles. The first-order valence-electron chi connectivity index (χ1n) is 12.9. The van der Waals surface area contributed by atoms with Crippen molar-refractivity contribution in [1.82, 2.24) is 4.90 Å². The summed E-state index contributed by atoms with van der Waals surface area (Å²) in [7, 11) is 0. The van der Waals surface area contributed by atoms with Crippen molar-refractivity contribution in [2.45, 2.75) is 55.7 Å². The van der Waals surface area contributed by atoms with Crippen molar-refractivity contribution in [2.75, 3.05) is 24.7 Å². The lowest BCUT2D eigenvalue weighted by atomic mass is 9.78. The Labute approximate surface area is 226 Å². The second kappa shape index (κ2) is 10.1. The van der Waals surface area contributed by atoms with Crippen molar-refractivity contribution in [3.05, 3.63) is 53.1 Å². The number of para-hydroxylation sites is 1. The van der Waals surface area contributed by atoms with Crippen LogP contribution in [0.25, 0.3) is 0 Å². The molecule has 0 bridgehead atoms. The summed E-state index contributed by atoms with van der Waals surface area (Å²) in [5, 5.41) is 10.6. The van der Waals surface area contributed by atoms with Gasteiger partial charge in [0.05, 0.1) is 46.5 Å². The molecule has 1 unspecified atom stereocenters. The number of aliphatic hydroxyl groups is 1. The van der Waals surface area contributed by atoms with Crippen LogP contribution in [0, 0.1) is 24.7 Å². The van der Waals surface area contributed by atoms with Gasteiger partial charge < -0.3 is 19.6 Å². The number of esters is 1. The van der Waals surface area contributed by atoms with E-state index in [2.05, 4.69) is 0 Å². The van der Waals surface area contributed by atoms with Crippen molar-refractivity contribution in [2.24, 2.45) is 17.8 Å². The number of amides is 2. The van der Waals surface area contributed by atoms with E-state index in [4.69, 9.17) is 16.3 Å². The number of anilines is 1. The number of fused-ring (bicyclic) bond motifs is 2. The highest BCUT2D eigenvalue weighted by atomic mass is 35.5. The molecule has 37 heavy (non-hydrogen) atoms. The molecule has 2 amide bonds. The van der Waals surface area contributed by atoms with E-state index in [0.717, 1.165) is 5.56 Å². The Morgan fingerprint density at radius 3 is 2.70 bits per heavy atom. The molecule has 1 N–H and O–H groups in total. The summed E-state index contributed by atoms with van der Waals surface area (Å²) < 4.78 is 4.57. The third-order valence-electron chi connectivity index (χ3n) is 7.86. The number of halogens is 1. The van der Waals surface area contributed by atoms with E-state index >= 15 is 0 Å². The number of carbonyl (C=O) groups is 3. The van der Waals surface area contributed by atoms with Crippen LogP contribution in [0.15, 0.2) is 42.5 Å². The first kappa shape index (κ1) is 26.3. The molecule has 6 atom stereocenters. The lowest BCUT2D eigenvalue weighted by molar-refractivity contribution is -0.153. The molecule has 9 heteroatoms. The van der Waals surface area contributed by atoms with Gasteiger partial charge in [0.15, 0.2) is 0 Å². The summed E-state index contributed by atoms with van der Waals surface area (Å²) in [4.78, 5) is 45.3. The smallest absolute Gasteiger partial charge is 0.311 e. The summed E-state index contributed by atoms with van der Waals surface area (Å²) in [5.74, 6) is -2.20. The molecule has 198 valence electrons. The number of aryl methyl sites for hydroxylation is 1. The Kier molecular flexibility index (Phi) is 7.20. The number of ether oxygens (including phenoxy) is 1. The minimum Gasteiger partial charge on any atom is -0.465 e. The summed E-state index contributed by atoms with van der Waals surface area (Å²) in [6.45, 7) is 6.24. The molecule has 4 aliphatic rings. The highest BCUT2D eigenvalue weighted by Crippen LogP contribution is 2.61. The lowest BCUT2D eigenvalue weighted by Crippen LogP contribution is -2.57. The Morgan fingerprint density at radius 1 is 1.22 bits per heavy atom. The summed E-state index contributed by atoms with van der Waals surface area (Å²) >= 11 is 8.10. The number of nitrogens with zero attached hydrogens (tertiary/aromatic N) is 2. The fourth-order valence-electron chi connectivity index (χ4n) is 6.43. The zero-order valence-electron chi connectivity index (χ0n) is 21.3. The van der Waals surface area contributed by atoms with Gasteiger partial charge in [-0.25, -0.2) is 0 Å². The van der Waals surface area contributed by atoms with E-state index in [9.17, 15) is 19.5 Å². The van der Waals surface area contributed by atoms with E-state index in [1.54, 1.807) is 15.9 Å². The average molecular weight is 545 g/mol. The monoisotopic (exact) mass is 544 g/mol. The number of likely N-dealkylation sites (tertiary alicyclic amines) is 1. The minimum atomic E-state index is -0.967. The SMILES string of the molecule is Cc1cccc(Cl)c1N1CC=C[C@]23S[C@@H]4C=CCCOC(=O)[C@@H]4[C@H]2C(=O)N([C@@H](CO)CC(C)C)C3C1=O. The molecule has 0 radical (unpaired) electrons. The van der Waals surface area contributed by atoms with Crippen LogP contribution in [0.4, 0.5) is 5.69 Å². The first-order valence-corrected chi connectivity index (χ1v) is 14.1. The Bertz CT molecular complexity index is 1150. The van der Waals surface area contributed by atoms with Crippen LogP contribution in [-0.2, 0) is 19.1 Å². The number of thioether (sulfide) groups is 1. The minimum absolute atomic E-state index is 0.189. The van der Waals surface area contributed by atoms with Gasteiger partial charge >= 0.3 is 5.97 Å². The van der Waals surface area contributed by atoms with Gasteiger partial charge in [-0.15, -0.1) is 11.8 Å². The predicted octanol–water partition coefficient (Wildman–Crippen LogP) is 3.76. The van der Waals surface area contributed by atoms with Crippen molar-refractivity contribution in [3.8, 4) is 0 Å². The van der Waals surface area contributed by atoms with Crippen molar-refractivity contribution in [1.29, 1.82) is 0 Å². The standard InChI is InChI=1S/C28H33ClN2O5S/c1-16(2)14-18(15-32)31-24-26(34)30(23-17(3)8-6-9-19(23)29)12-7-11-28(24)22(25(31)33)21-20(37-28)10-4-5-13-36-27(21)35/h4,6-11,16,18,20-22,24,32H,5,12-15H2,1-3H3/t18-,20-,21+,22+,24?,28+/m1/s1. The average Bonchev–Trinajstić information content (AvgIpc) is 3.22. The second-order valence-corrected chi connectivity index (χ2v) is 12.6. The van der Waals surface area contributed by atoms with Gasteiger partial charge in [-0.2, -0.15) is 0 Å². The van der Waals surface area contributed by atoms with Crippen LogP contribution in [-0.4, -0.2) is 69.6 Å². The number of carbonyl (C=O) groups excluding carboxylic acids is 3. The fraction of sp³-hybridized carbons (Fsp3) is 0.536. The number of cyclic esters (lactones) is 1. The molecule has 2 fully saturated rings. The predicted molar refractivity (Wildman–Crippen MR) is 144 cm³/mol. The molecule has 5 rings (SSSR count). The maximum absolute atomic E-state index is 14.6. The van der Waals surface area contributed by atoms with Crippen LogP contribution in [0.3, 0.4) is 0 Å². The Morgan fingerprint density at radius 2 is 2.00 bits per heavy atom. The first-order chi connectivity index (χ1) is 17.7. The normalized spacial score (nSPS) is 32.0. The fourth-order valence-corrected chi connectivity index (χ4v) is 8.74. The van der Waals surface area contributed by atoms with Crippen molar-refractivity contribution < 1.29 is 24.2 Å². The second-order valence-electron chi connectivity index (χ2n) is 10.7. The van der Waals surface area contributed by atoms with E-state index in [1.165, 1.54) is 11.8 Å². The molecular formula is C28H33ClN2O5S. The Balaban J connectivity index is 1.67. The molecule has 1 spiro atoms. The molecule has 0 aliphatic carbocycles. The number of hydrogen-bond acceptors (Lipinski definition) is 6. The largest absolute Gasteiger partial charge is 0.465 e. The van der Waals surface area contributed by atoms with Gasteiger partial charge in [-0.1, -0.05) is 61.9 Å². The van der Waals surface area contributed by atoms with Gasteiger partial charge in [-0.05, 0) is 37.3 Å². The van der Waals surface area contributed by atoms with Gasteiger partial charge in [0.25, 0.3) is 5.91 Å². The van der Waals surface area contributed by atoms with E-state index < -0.39 is 34.6 Å². The topological polar surface area (TPSA) is 87.2 Å². The summed E-state index contributed by atoms with van der Waals surface area (Å²) in [5.41, 5.74) is 1.47. The van der Waals surface area contributed by atoms with Crippen LogP contribution in [0.1, 0.15) is 32.3 Å². The molecule has 1 aromatic rings. The Hall–Kier alpha value is -2.29. The van der Waals surface area contributed by atoms with Crippen LogP contribution < -0.4 is 4.90 Å². The van der Waals surface area contributed by atoms with Gasteiger partial charge in [0, 0.05) is 11.8 Å². The third kappa shape index (κ3) is 4.21. The quantitative estimate of drug-likeness (QED) is 0.449. The molecule has 4 aliphatic heterocycles. The molecule has 2 saturated heterocycles. The van der Waals surface area contributed by atoms with Crippen LogP contribution >= 0.6 is 23.4 Å². The van der Waals surface area contributed by atoms with E-state index in [-0.39, 0.29) is 36.2 Å². The highest BCUT2D eigenvalue weighted by Gasteiger charge is 2.71. The van der Waals surface area contributed by atoms with E-state index in [0.29, 0.717) is 30.1 Å². The maximum atomic E-state index is 14.6. The number of aliphatic hydroxyl groups excluding tert-OH is 1. The van der Waals surface area contributed by atoms with Crippen molar-refractivity contribution in [3.63, 3.8) is 0 Å². The number of benzene rings is 1. The zero-order chi connectivity index (χ0) is 26.5. The van der Waals surface area contributed by atoms with E-state index in [1.807, 2.05) is 57.2 Å². The lowest BCUT2D eigenvalue weighted by Gasteiger charge is -2.39. The molecule has 4 heterocycles. The molecule has 1 aromatic carbocycles. The number of hydrogen-bond donors (Lipinski definition) is 1. The van der Waals surface area contributed by atoms with Crippen LogP contribution in [0.2, 0.25) is 5.02 Å². The molecule has 7 nitrogen and oxygen atoms in total. The highest BCUT2D eigenvalue weighted by molar-refractivity contribution is 8.02. The van der Waals surface area contributed by atoms with Gasteiger partial charge in [0.1, 0.15) is 6.04 Å². The summed E-state index contributed by atoms with van der Waals surface area (Å²) in [6, 6.07) is 4.05. The maximum Gasteiger partial charge on any atom is 0.311 e. The zero-order valence-corrected chi connectivity index (χ0v) is 22.9. The summed E-state index contributed by atoms with van der Waals surface area (Å²) in [6.07, 6.45) is 9.02. The van der Waals surface area contributed by atoms with Gasteiger partial charge in [0.2, 0.25) is 5.91 Å². The third-order valence-corrected chi connectivity index (χ3v) is 9.91.